The predicted molar refractivity (Wildman–Crippen MR) is 75.8 cm³/mol. The van der Waals surface area contributed by atoms with Gasteiger partial charge in [-0.1, -0.05) is 12.1 Å². The van der Waals surface area contributed by atoms with Crippen LogP contribution < -0.4 is 21.9 Å². The Hall–Kier alpha value is -2.61. The van der Waals surface area contributed by atoms with Gasteiger partial charge in [0.2, 0.25) is 0 Å². The number of benzene rings is 1. The minimum atomic E-state index is -1.07. The first kappa shape index (κ1) is 16.4. The number of hydrogen-bond acceptors (Lipinski definition) is 4. The number of ether oxygens (including phenoxy) is 1. The molecule has 0 radical (unpaired) electrons. The average molecular weight is 295 g/mol. The van der Waals surface area contributed by atoms with Crippen molar-refractivity contribution in [2.45, 2.75) is 12.5 Å². The lowest BCUT2D eigenvalue weighted by molar-refractivity contribution is -0.488. The Morgan fingerprint density at radius 2 is 1.86 bits per heavy atom. The van der Waals surface area contributed by atoms with E-state index in [0.717, 1.165) is 5.56 Å². The second kappa shape index (κ2) is 7.25. The van der Waals surface area contributed by atoms with E-state index < -0.39 is 18.0 Å². The number of aliphatic carboxylic acids is 1. The van der Waals surface area contributed by atoms with Gasteiger partial charge in [-0.3, -0.25) is 20.8 Å². The molecule has 0 aliphatic heterocycles. The van der Waals surface area contributed by atoms with Crippen molar-refractivity contribution < 1.29 is 24.0 Å². The molecule has 8 nitrogen and oxygen atoms in total. The van der Waals surface area contributed by atoms with Crippen molar-refractivity contribution in [2.75, 3.05) is 13.6 Å². The predicted octanol–water partition coefficient (Wildman–Crippen LogP) is -1.54. The van der Waals surface area contributed by atoms with E-state index in [1.165, 1.54) is 4.58 Å². The summed E-state index contributed by atoms with van der Waals surface area (Å²) < 4.78 is 6.44. The Bertz CT molecular complexity index is 550. The Balaban J connectivity index is 2.61. The minimum Gasteiger partial charge on any atom is -0.480 e. The van der Waals surface area contributed by atoms with Crippen LogP contribution in [0.5, 0.6) is 5.75 Å². The highest BCUT2D eigenvalue weighted by Gasteiger charge is 2.13. The van der Waals surface area contributed by atoms with Crippen molar-refractivity contribution in [3.63, 3.8) is 0 Å². The number of nitrogens with two attached hydrogens (primary N) is 3. The number of carbonyl (C=O) groups excluding carboxylic acids is 1. The third-order valence-electron chi connectivity index (χ3n) is 2.73. The number of nitrogens with zero attached hydrogens (tertiary/aromatic N) is 1. The number of carbonyl (C=O) groups is 2. The summed E-state index contributed by atoms with van der Waals surface area (Å²) in [6.07, 6.45) is 0.199. The van der Waals surface area contributed by atoms with Gasteiger partial charge in [-0.05, 0) is 24.1 Å². The third kappa shape index (κ3) is 5.49. The number of carboxylic acid groups (broad SMARTS) is 1. The fourth-order valence-corrected chi connectivity index (χ4v) is 1.48. The molecule has 1 rings (SSSR count). The van der Waals surface area contributed by atoms with Crippen LogP contribution in [-0.4, -0.2) is 47.2 Å². The van der Waals surface area contributed by atoms with Gasteiger partial charge in [0.05, 0.1) is 7.05 Å². The molecule has 0 aromatic heterocycles. The van der Waals surface area contributed by atoms with E-state index >= 15 is 0 Å². The molecule has 1 aromatic carbocycles. The molecular formula is C13H19N4O4+. The fraction of sp³-hybridized carbons (Fsp3) is 0.308. The number of esters is 1. The highest BCUT2D eigenvalue weighted by Crippen LogP contribution is 2.13. The highest BCUT2D eigenvalue weighted by atomic mass is 16.5. The van der Waals surface area contributed by atoms with Gasteiger partial charge in [-0.25, -0.2) is 4.79 Å². The first-order chi connectivity index (χ1) is 9.79. The van der Waals surface area contributed by atoms with E-state index in [-0.39, 0.29) is 18.9 Å². The topological polar surface area (TPSA) is 145 Å². The zero-order valence-electron chi connectivity index (χ0n) is 11.7. The highest BCUT2D eigenvalue weighted by molar-refractivity contribution is 5.76. The van der Waals surface area contributed by atoms with Gasteiger partial charge in [0.25, 0.3) is 0 Å². The number of carboxylic acids is 1. The maximum Gasteiger partial charge on any atom is 0.345 e. The molecule has 0 saturated carbocycles. The summed E-state index contributed by atoms with van der Waals surface area (Å²) in [5, 5.41) is 8.72. The molecule has 1 aromatic rings. The van der Waals surface area contributed by atoms with Crippen LogP contribution in [0.25, 0.3) is 0 Å². The van der Waals surface area contributed by atoms with Crippen LogP contribution in [0.1, 0.15) is 5.56 Å². The summed E-state index contributed by atoms with van der Waals surface area (Å²) in [6.45, 7) is -0.0754. The molecule has 0 heterocycles. The summed E-state index contributed by atoms with van der Waals surface area (Å²) in [5.74, 6) is -1.22. The standard InChI is InChI=1S/C13H18N4O4/c1-17(13(15)16)7-11(18)21-9-4-2-8(3-5-9)6-10(14)12(19)20/h2-5,10H,6-7,14H2,1H3,(H4,15,16,19,20)/p+1. The molecule has 1 unspecified atom stereocenters. The van der Waals surface area contributed by atoms with Crippen molar-refractivity contribution in [2.24, 2.45) is 17.2 Å². The molecule has 0 saturated heterocycles. The van der Waals surface area contributed by atoms with Crippen molar-refractivity contribution in [1.29, 1.82) is 0 Å². The van der Waals surface area contributed by atoms with Crippen LogP contribution in [0.3, 0.4) is 0 Å². The van der Waals surface area contributed by atoms with Gasteiger partial charge in [-0.15, -0.1) is 0 Å². The van der Waals surface area contributed by atoms with Gasteiger partial charge in [-0.2, -0.15) is 0 Å². The van der Waals surface area contributed by atoms with E-state index in [1.54, 1.807) is 31.3 Å². The van der Waals surface area contributed by atoms with Crippen LogP contribution in [-0.2, 0) is 16.0 Å². The summed E-state index contributed by atoms with van der Waals surface area (Å²) in [6, 6.07) is 5.47. The molecule has 0 amide bonds. The second-order valence-electron chi connectivity index (χ2n) is 4.55. The van der Waals surface area contributed by atoms with E-state index in [0.29, 0.717) is 5.75 Å². The Labute approximate surface area is 121 Å². The van der Waals surface area contributed by atoms with E-state index in [2.05, 4.69) is 0 Å². The monoisotopic (exact) mass is 295 g/mol. The molecular weight excluding hydrogens is 276 g/mol. The van der Waals surface area contributed by atoms with Crippen LogP contribution in [0.2, 0.25) is 0 Å². The van der Waals surface area contributed by atoms with Crippen LogP contribution in [0.4, 0.5) is 0 Å². The summed E-state index contributed by atoms with van der Waals surface area (Å²) in [4.78, 5) is 22.2. The normalized spacial score (nSPS) is 11.5. The van der Waals surface area contributed by atoms with E-state index in [9.17, 15) is 9.59 Å². The quantitative estimate of drug-likeness (QED) is 0.164. The van der Waals surface area contributed by atoms with Gasteiger partial charge in [0.1, 0.15) is 11.8 Å². The SMILES string of the molecule is C[N+](CC(=O)Oc1ccc(CC(N)C(=O)O)cc1)=C(N)N. The number of rotatable bonds is 6. The number of hydrogen-bond donors (Lipinski definition) is 4. The average Bonchev–Trinajstić information content (AvgIpc) is 2.40. The lowest BCUT2D eigenvalue weighted by atomic mass is 10.1. The summed E-state index contributed by atoms with van der Waals surface area (Å²) >= 11 is 0. The van der Waals surface area contributed by atoms with E-state index in [4.69, 9.17) is 27.0 Å². The second-order valence-corrected chi connectivity index (χ2v) is 4.55. The summed E-state index contributed by atoms with van der Waals surface area (Å²) in [5.41, 5.74) is 16.8. The molecule has 114 valence electrons. The first-order valence-electron chi connectivity index (χ1n) is 6.16. The van der Waals surface area contributed by atoms with Gasteiger partial charge >= 0.3 is 17.9 Å². The summed E-state index contributed by atoms with van der Waals surface area (Å²) in [7, 11) is 1.56. The molecule has 0 aliphatic carbocycles. The zero-order chi connectivity index (χ0) is 16.0. The largest absolute Gasteiger partial charge is 0.480 e. The molecule has 21 heavy (non-hydrogen) atoms. The first-order valence-corrected chi connectivity index (χ1v) is 6.16. The minimum absolute atomic E-state index is 0.0185. The number of likely N-dealkylation sites (N-methyl/N-ethyl adjacent to an activating group) is 1. The molecule has 0 spiro atoms. The zero-order valence-corrected chi connectivity index (χ0v) is 11.7. The maximum atomic E-state index is 11.6. The fourth-order valence-electron chi connectivity index (χ4n) is 1.48. The van der Waals surface area contributed by atoms with Crippen molar-refractivity contribution in [3.8, 4) is 5.75 Å². The smallest absolute Gasteiger partial charge is 0.345 e. The van der Waals surface area contributed by atoms with Crippen molar-refractivity contribution in [1.82, 2.24) is 0 Å². The molecule has 0 aliphatic rings. The van der Waals surface area contributed by atoms with Crippen LogP contribution in [0, 0.1) is 0 Å². The van der Waals surface area contributed by atoms with Gasteiger partial charge < -0.3 is 15.6 Å². The Morgan fingerprint density at radius 3 is 2.33 bits per heavy atom. The van der Waals surface area contributed by atoms with Gasteiger partial charge in [0.15, 0.2) is 6.54 Å². The van der Waals surface area contributed by atoms with Gasteiger partial charge in [0, 0.05) is 0 Å². The maximum absolute atomic E-state index is 11.6. The lowest BCUT2D eigenvalue weighted by Crippen LogP contribution is -2.37. The molecule has 0 fully saturated rings. The lowest BCUT2D eigenvalue weighted by Gasteiger charge is -2.08. The third-order valence-corrected chi connectivity index (χ3v) is 2.73. The van der Waals surface area contributed by atoms with E-state index in [1.807, 2.05) is 0 Å². The van der Waals surface area contributed by atoms with Crippen molar-refractivity contribution in [3.05, 3.63) is 29.8 Å². The molecule has 1 atom stereocenters. The Kier molecular flexibility index (Phi) is 5.67. The molecule has 0 bridgehead atoms. The van der Waals surface area contributed by atoms with Crippen LogP contribution >= 0.6 is 0 Å². The molecule has 8 heteroatoms. The van der Waals surface area contributed by atoms with Crippen LogP contribution in [0.15, 0.2) is 24.3 Å². The Morgan fingerprint density at radius 1 is 1.29 bits per heavy atom. The molecule has 7 N–H and O–H groups in total. The van der Waals surface area contributed by atoms with Crippen molar-refractivity contribution >= 4 is 17.9 Å². The number of guanidine groups is 1.